The van der Waals surface area contributed by atoms with Crippen LogP contribution >= 0.6 is 0 Å². The maximum Gasteiger partial charge on any atom is 0.187 e. The first-order valence-corrected chi connectivity index (χ1v) is 13.5. The molecule has 3 fully saturated rings. The van der Waals surface area contributed by atoms with E-state index in [2.05, 4.69) is 10.0 Å². The summed E-state index contributed by atoms with van der Waals surface area (Å²) in [6, 6.07) is 0. The van der Waals surface area contributed by atoms with Crippen LogP contribution in [0, 0.1) is 0 Å². The first-order chi connectivity index (χ1) is 19.7. The van der Waals surface area contributed by atoms with E-state index in [0.29, 0.717) is 19.4 Å². The van der Waals surface area contributed by atoms with Crippen LogP contribution in [0.1, 0.15) is 25.7 Å². The molecule has 0 aliphatic carbocycles. The van der Waals surface area contributed by atoms with Crippen LogP contribution in [0.25, 0.3) is 10.4 Å². The third-order valence-electron chi connectivity index (χ3n) is 7.22. The summed E-state index contributed by atoms with van der Waals surface area (Å²) in [6.07, 6.45) is -18.5. The van der Waals surface area contributed by atoms with Gasteiger partial charge in [-0.25, -0.2) is 0 Å². The van der Waals surface area contributed by atoms with Crippen LogP contribution in [-0.4, -0.2) is 165 Å². The Morgan fingerprint density at radius 3 is 1.59 bits per heavy atom. The van der Waals surface area contributed by atoms with E-state index in [0.717, 1.165) is 12.8 Å². The van der Waals surface area contributed by atoms with Crippen LogP contribution in [0.15, 0.2) is 5.11 Å². The van der Waals surface area contributed by atoms with Crippen LogP contribution in [0.2, 0.25) is 0 Å². The van der Waals surface area contributed by atoms with E-state index in [1.807, 2.05) is 0 Å². The van der Waals surface area contributed by atoms with Crippen molar-refractivity contribution in [1.29, 1.82) is 0 Å². The minimum Gasteiger partial charge on any atom is -0.394 e. The highest BCUT2D eigenvalue weighted by Crippen LogP contribution is 2.34. The first kappa shape index (κ1) is 34.2. The Balaban J connectivity index is 1.75. The molecule has 0 radical (unpaired) electrons. The number of hydrogen-bond donors (Lipinski definition) is 9. The van der Waals surface area contributed by atoms with Crippen LogP contribution in [0.3, 0.4) is 0 Å². The standard InChI is InChI=1S/C23H41N3O15/c24-26-25-5-3-1-2-4-6-36-23-20(41-22-18(35)16(33)14(31)11(8-28)38-22)19(12(9-29)39-23)40-21-17(34)15(32)13(30)10(7-27)37-21/h10-23,27-35H,1-9H2/t10-,11-,12-,13-,14-,15+,16+,17+,18+,19-,20+,21-,22-,23+/m1/s1. The maximum atomic E-state index is 10.5. The number of azide groups is 1. The van der Waals surface area contributed by atoms with Crippen molar-refractivity contribution in [2.45, 2.75) is 112 Å². The van der Waals surface area contributed by atoms with Crippen LogP contribution < -0.4 is 0 Å². The van der Waals surface area contributed by atoms with Gasteiger partial charge >= 0.3 is 0 Å². The van der Waals surface area contributed by atoms with Gasteiger partial charge in [-0.2, -0.15) is 0 Å². The zero-order valence-electron chi connectivity index (χ0n) is 22.3. The van der Waals surface area contributed by atoms with Crippen molar-refractivity contribution in [1.82, 2.24) is 0 Å². The molecule has 18 nitrogen and oxygen atoms in total. The highest BCUT2D eigenvalue weighted by molar-refractivity contribution is 4.96. The third-order valence-corrected chi connectivity index (χ3v) is 7.22. The lowest BCUT2D eigenvalue weighted by atomic mass is 9.98. The van der Waals surface area contributed by atoms with E-state index in [9.17, 15) is 46.0 Å². The van der Waals surface area contributed by atoms with Crippen LogP contribution in [0.4, 0.5) is 0 Å². The van der Waals surface area contributed by atoms with Gasteiger partial charge in [-0.05, 0) is 18.4 Å². The fourth-order valence-electron chi connectivity index (χ4n) is 4.83. The normalized spacial score (nSPS) is 43.1. The predicted molar refractivity (Wildman–Crippen MR) is 131 cm³/mol. The predicted octanol–water partition coefficient (Wildman–Crippen LogP) is -4.04. The van der Waals surface area contributed by atoms with Crippen molar-refractivity contribution in [3.05, 3.63) is 10.4 Å². The Bertz CT molecular complexity index is 821. The second-order valence-corrected chi connectivity index (χ2v) is 10.1. The van der Waals surface area contributed by atoms with E-state index in [1.165, 1.54) is 0 Å². The summed E-state index contributed by atoms with van der Waals surface area (Å²) in [6.45, 7) is -1.56. The zero-order valence-corrected chi connectivity index (χ0v) is 22.3. The van der Waals surface area contributed by atoms with Gasteiger partial charge in [0.25, 0.3) is 0 Å². The van der Waals surface area contributed by atoms with Gasteiger partial charge in [0.1, 0.15) is 67.1 Å². The molecule has 3 aliphatic rings. The Morgan fingerprint density at radius 1 is 0.585 bits per heavy atom. The van der Waals surface area contributed by atoms with E-state index in [-0.39, 0.29) is 6.61 Å². The first-order valence-electron chi connectivity index (χ1n) is 13.5. The van der Waals surface area contributed by atoms with Gasteiger partial charge in [-0.3, -0.25) is 0 Å². The minimum absolute atomic E-state index is 0.144. The van der Waals surface area contributed by atoms with Crippen molar-refractivity contribution < 1.29 is 74.4 Å². The van der Waals surface area contributed by atoms with Gasteiger partial charge < -0.3 is 74.4 Å². The summed E-state index contributed by atoms with van der Waals surface area (Å²) < 4.78 is 34.2. The highest BCUT2D eigenvalue weighted by atomic mass is 16.8. The van der Waals surface area contributed by atoms with E-state index < -0.39 is 106 Å². The lowest BCUT2D eigenvalue weighted by Gasteiger charge is -2.43. The number of ether oxygens (including phenoxy) is 6. The second-order valence-electron chi connectivity index (χ2n) is 10.1. The smallest absolute Gasteiger partial charge is 0.187 e. The molecule has 0 bridgehead atoms. The fourth-order valence-corrected chi connectivity index (χ4v) is 4.83. The molecule has 238 valence electrons. The number of aliphatic hydroxyl groups excluding tert-OH is 9. The van der Waals surface area contributed by atoms with Crippen LogP contribution in [-0.2, 0) is 28.4 Å². The number of hydrogen-bond acceptors (Lipinski definition) is 16. The molecule has 0 aromatic rings. The summed E-state index contributed by atoms with van der Waals surface area (Å²) in [5.74, 6) is 0. The average molecular weight is 600 g/mol. The molecule has 18 heteroatoms. The summed E-state index contributed by atoms with van der Waals surface area (Å²) in [5, 5.41) is 94.0. The van der Waals surface area contributed by atoms with Crippen molar-refractivity contribution in [3.8, 4) is 0 Å². The average Bonchev–Trinajstić information content (AvgIpc) is 3.30. The molecular weight excluding hydrogens is 558 g/mol. The molecule has 0 amide bonds. The largest absolute Gasteiger partial charge is 0.394 e. The highest BCUT2D eigenvalue weighted by Gasteiger charge is 2.54. The number of rotatable bonds is 15. The molecule has 3 rings (SSSR count). The second kappa shape index (κ2) is 16.5. The fraction of sp³-hybridized carbons (Fsp3) is 1.00. The number of nitrogens with zero attached hydrogens (tertiary/aromatic N) is 3. The molecule has 3 saturated heterocycles. The topological polar surface area (TPSA) is 286 Å². The monoisotopic (exact) mass is 599 g/mol. The molecule has 3 heterocycles. The molecule has 14 atom stereocenters. The third kappa shape index (κ3) is 8.42. The lowest BCUT2D eigenvalue weighted by molar-refractivity contribution is -0.343. The molecule has 0 aromatic carbocycles. The van der Waals surface area contributed by atoms with Gasteiger partial charge in [0.15, 0.2) is 18.9 Å². The van der Waals surface area contributed by atoms with Crippen molar-refractivity contribution >= 4 is 0 Å². The van der Waals surface area contributed by atoms with E-state index >= 15 is 0 Å². The maximum absolute atomic E-state index is 10.5. The van der Waals surface area contributed by atoms with Crippen LogP contribution in [0.5, 0.6) is 0 Å². The Kier molecular flexibility index (Phi) is 13.8. The SMILES string of the molecule is [N-]=[N+]=NCCCCCCO[C@H]1O[C@H](CO)[C@@H](O[C@H]2O[C@H](CO)[C@@H](O)[C@H](O)[C@@H]2O)[C@@H]1O[C@H]1O[C@H](CO)[C@@H](O)[C@H](O)[C@@H]1O. The van der Waals surface area contributed by atoms with Crippen molar-refractivity contribution in [2.75, 3.05) is 33.0 Å². The van der Waals surface area contributed by atoms with Gasteiger partial charge in [-0.15, -0.1) is 0 Å². The molecular formula is C23H41N3O15. The molecule has 0 spiro atoms. The molecule has 9 N–H and O–H groups in total. The number of aliphatic hydroxyl groups is 9. The summed E-state index contributed by atoms with van der Waals surface area (Å²) in [7, 11) is 0. The quantitative estimate of drug-likeness (QED) is 0.0375. The van der Waals surface area contributed by atoms with Crippen molar-refractivity contribution in [2.24, 2.45) is 5.11 Å². The minimum atomic E-state index is -1.79. The molecule has 3 aliphatic heterocycles. The molecule has 41 heavy (non-hydrogen) atoms. The molecule has 0 saturated carbocycles. The summed E-state index contributed by atoms with van der Waals surface area (Å²) in [4.78, 5) is 2.69. The van der Waals surface area contributed by atoms with Gasteiger partial charge in [0.2, 0.25) is 0 Å². The van der Waals surface area contributed by atoms with Gasteiger partial charge in [-0.1, -0.05) is 18.0 Å². The summed E-state index contributed by atoms with van der Waals surface area (Å²) in [5.41, 5.74) is 8.34. The Labute approximate surface area is 235 Å². The zero-order chi connectivity index (χ0) is 30.1. The lowest BCUT2D eigenvalue weighted by Crippen LogP contribution is -2.62. The molecule has 0 aromatic heterocycles. The van der Waals surface area contributed by atoms with E-state index in [1.54, 1.807) is 0 Å². The van der Waals surface area contributed by atoms with Crippen molar-refractivity contribution in [3.63, 3.8) is 0 Å². The van der Waals surface area contributed by atoms with Gasteiger partial charge in [0, 0.05) is 18.1 Å². The van der Waals surface area contributed by atoms with Gasteiger partial charge in [0.05, 0.1) is 19.8 Å². The number of unbranched alkanes of at least 4 members (excludes halogenated alkanes) is 3. The Hall–Kier alpha value is -1.29. The molecule has 0 unspecified atom stereocenters. The summed E-state index contributed by atoms with van der Waals surface area (Å²) >= 11 is 0. The Morgan fingerprint density at radius 2 is 1.07 bits per heavy atom. The van der Waals surface area contributed by atoms with E-state index in [4.69, 9.17) is 34.0 Å².